The van der Waals surface area contributed by atoms with Gasteiger partial charge in [0, 0.05) is 25.4 Å². The Hall–Kier alpha value is -1.67. The molecule has 3 N–H and O–H groups in total. The molecule has 0 radical (unpaired) electrons. The molecule has 2 atom stereocenters. The number of likely N-dealkylation sites (tertiary alicyclic amines) is 1. The highest BCUT2D eigenvalue weighted by molar-refractivity contribution is 5.80. The van der Waals surface area contributed by atoms with Crippen LogP contribution in [-0.2, 0) is 4.79 Å². The maximum absolute atomic E-state index is 11.2. The molecule has 0 spiro atoms. The van der Waals surface area contributed by atoms with E-state index in [1.807, 2.05) is 24.3 Å². The summed E-state index contributed by atoms with van der Waals surface area (Å²) in [6.45, 7) is 0.437. The van der Waals surface area contributed by atoms with Crippen molar-refractivity contribution in [3.63, 3.8) is 0 Å². The SMILES string of the molecule is COc1ccccc1OC.O=C1CCC2CCN(C(O)(O)O)C2C1. The van der Waals surface area contributed by atoms with Crippen molar-refractivity contribution in [1.29, 1.82) is 0 Å². The molecule has 24 heavy (non-hydrogen) atoms. The third-order valence-corrected chi connectivity index (χ3v) is 4.59. The maximum atomic E-state index is 11.2. The summed E-state index contributed by atoms with van der Waals surface area (Å²) in [6.07, 6.45) is -0.229. The van der Waals surface area contributed by atoms with E-state index in [1.165, 1.54) is 4.90 Å². The van der Waals surface area contributed by atoms with Crippen LogP contribution in [0.2, 0.25) is 0 Å². The molecule has 1 aliphatic heterocycles. The van der Waals surface area contributed by atoms with Crippen LogP contribution in [-0.4, -0.2) is 58.9 Å². The molecular weight excluding hydrogens is 314 g/mol. The Morgan fingerprint density at radius 2 is 1.67 bits per heavy atom. The molecule has 7 heteroatoms. The summed E-state index contributed by atoms with van der Waals surface area (Å²) in [5.74, 6) is 2.00. The summed E-state index contributed by atoms with van der Waals surface area (Å²) in [6, 6.07) is 7.33. The maximum Gasteiger partial charge on any atom is 0.346 e. The molecule has 0 amide bonds. The number of para-hydroxylation sites is 2. The predicted molar refractivity (Wildman–Crippen MR) is 86.4 cm³/mol. The van der Waals surface area contributed by atoms with E-state index in [4.69, 9.17) is 24.8 Å². The first-order valence-corrected chi connectivity index (χ1v) is 7.99. The fourth-order valence-corrected chi connectivity index (χ4v) is 3.37. The van der Waals surface area contributed by atoms with Gasteiger partial charge < -0.3 is 24.8 Å². The van der Waals surface area contributed by atoms with Gasteiger partial charge >= 0.3 is 6.10 Å². The monoisotopic (exact) mass is 339 g/mol. The van der Waals surface area contributed by atoms with Crippen molar-refractivity contribution in [2.45, 2.75) is 37.8 Å². The van der Waals surface area contributed by atoms with Crippen molar-refractivity contribution in [3.05, 3.63) is 24.3 Å². The van der Waals surface area contributed by atoms with Gasteiger partial charge in [-0.05, 0) is 30.9 Å². The first kappa shape index (κ1) is 18.7. The average molecular weight is 339 g/mol. The van der Waals surface area contributed by atoms with Crippen molar-refractivity contribution >= 4 is 5.78 Å². The van der Waals surface area contributed by atoms with Gasteiger partial charge in [0.25, 0.3) is 0 Å². The largest absolute Gasteiger partial charge is 0.493 e. The zero-order chi connectivity index (χ0) is 17.7. The minimum Gasteiger partial charge on any atom is -0.493 e. The summed E-state index contributed by atoms with van der Waals surface area (Å²) in [5.41, 5.74) is 0. The molecule has 0 aromatic heterocycles. The van der Waals surface area contributed by atoms with Crippen LogP contribution in [0.1, 0.15) is 25.7 Å². The second kappa shape index (κ2) is 7.94. The van der Waals surface area contributed by atoms with Crippen molar-refractivity contribution < 1.29 is 29.6 Å². The molecule has 1 heterocycles. The van der Waals surface area contributed by atoms with Gasteiger partial charge in [-0.15, -0.1) is 0 Å². The quantitative estimate of drug-likeness (QED) is 0.698. The van der Waals surface area contributed by atoms with Gasteiger partial charge in [-0.3, -0.25) is 4.79 Å². The minimum absolute atomic E-state index is 0.141. The number of carbonyl (C=O) groups is 1. The van der Waals surface area contributed by atoms with Gasteiger partial charge in [0.1, 0.15) is 5.78 Å². The van der Waals surface area contributed by atoms with Crippen molar-refractivity contribution in [3.8, 4) is 11.5 Å². The molecule has 0 bridgehead atoms. The predicted octanol–water partition coefficient (Wildman–Crippen LogP) is 0.722. The van der Waals surface area contributed by atoms with Crippen molar-refractivity contribution in [1.82, 2.24) is 4.90 Å². The number of hydrogen-bond acceptors (Lipinski definition) is 7. The lowest BCUT2D eigenvalue weighted by Gasteiger charge is -2.35. The molecule has 2 aliphatic rings. The lowest BCUT2D eigenvalue weighted by Crippen LogP contribution is -2.53. The number of nitrogens with zero attached hydrogens (tertiary/aromatic N) is 1. The number of fused-ring (bicyclic) bond motifs is 1. The summed E-state index contributed by atoms with van der Waals surface area (Å²) in [5, 5.41) is 27.2. The van der Waals surface area contributed by atoms with E-state index in [-0.39, 0.29) is 11.8 Å². The van der Waals surface area contributed by atoms with E-state index in [2.05, 4.69) is 0 Å². The fraction of sp³-hybridized carbons (Fsp3) is 0.588. The van der Waals surface area contributed by atoms with Crippen LogP contribution in [0.4, 0.5) is 0 Å². The highest BCUT2D eigenvalue weighted by atomic mass is 16.7. The van der Waals surface area contributed by atoms with E-state index in [1.54, 1.807) is 14.2 Å². The van der Waals surface area contributed by atoms with Crippen molar-refractivity contribution in [2.24, 2.45) is 5.92 Å². The Labute approximate surface area is 141 Å². The summed E-state index contributed by atoms with van der Waals surface area (Å²) in [4.78, 5) is 12.4. The van der Waals surface area contributed by atoms with Crippen LogP contribution in [0.3, 0.4) is 0 Å². The summed E-state index contributed by atoms with van der Waals surface area (Å²) in [7, 11) is 3.25. The second-order valence-electron chi connectivity index (χ2n) is 6.05. The van der Waals surface area contributed by atoms with Gasteiger partial charge in [-0.1, -0.05) is 12.1 Å². The summed E-state index contributed by atoms with van der Waals surface area (Å²) < 4.78 is 10.0. The van der Waals surface area contributed by atoms with E-state index < -0.39 is 6.10 Å². The third kappa shape index (κ3) is 4.45. The second-order valence-corrected chi connectivity index (χ2v) is 6.05. The molecule has 1 aromatic rings. The molecule has 1 saturated carbocycles. The van der Waals surface area contributed by atoms with Crippen LogP contribution < -0.4 is 9.47 Å². The molecule has 1 saturated heterocycles. The Morgan fingerprint density at radius 3 is 2.17 bits per heavy atom. The first-order valence-electron chi connectivity index (χ1n) is 7.99. The van der Waals surface area contributed by atoms with Gasteiger partial charge in [0.2, 0.25) is 0 Å². The Bertz CT molecular complexity index is 533. The van der Waals surface area contributed by atoms with E-state index in [0.29, 0.717) is 25.3 Å². The zero-order valence-electron chi connectivity index (χ0n) is 14.0. The van der Waals surface area contributed by atoms with Gasteiger partial charge in [0.05, 0.1) is 14.2 Å². The smallest absolute Gasteiger partial charge is 0.346 e. The molecule has 7 nitrogen and oxygen atoms in total. The molecule has 2 unspecified atom stereocenters. The van der Waals surface area contributed by atoms with E-state index in [9.17, 15) is 4.79 Å². The molecule has 3 rings (SSSR count). The molecule has 1 aromatic carbocycles. The number of Topliss-reactive ketones (excluding diaryl/α,β-unsaturated/α-hetero) is 1. The lowest BCUT2D eigenvalue weighted by atomic mass is 9.84. The number of hydrogen-bond donors (Lipinski definition) is 3. The highest BCUT2D eigenvalue weighted by Crippen LogP contribution is 2.36. The molecular formula is C17H25NO6. The van der Waals surface area contributed by atoms with E-state index in [0.717, 1.165) is 24.3 Å². The van der Waals surface area contributed by atoms with Gasteiger partial charge in [-0.25, -0.2) is 4.90 Å². The first-order chi connectivity index (χ1) is 11.4. The van der Waals surface area contributed by atoms with Crippen LogP contribution >= 0.6 is 0 Å². The topological polar surface area (TPSA) is 99.5 Å². The third-order valence-electron chi connectivity index (χ3n) is 4.59. The Morgan fingerprint density at radius 1 is 1.08 bits per heavy atom. The van der Waals surface area contributed by atoms with Crippen LogP contribution in [0.5, 0.6) is 11.5 Å². The molecule has 134 valence electrons. The normalized spacial score (nSPS) is 24.0. The lowest BCUT2D eigenvalue weighted by molar-refractivity contribution is -0.397. The van der Waals surface area contributed by atoms with Crippen LogP contribution in [0.15, 0.2) is 24.3 Å². The molecule has 1 aliphatic carbocycles. The number of carbonyl (C=O) groups excluding carboxylic acids is 1. The number of aliphatic hydroxyl groups is 3. The number of benzene rings is 1. The minimum atomic E-state index is -2.77. The van der Waals surface area contributed by atoms with Gasteiger partial charge in [0.15, 0.2) is 11.5 Å². The Kier molecular flexibility index (Phi) is 6.17. The van der Waals surface area contributed by atoms with Crippen LogP contribution in [0, 0.1) is 5.92 Å². The highest BCUT2D eigenvalue weighted by Gasteiger charge is 2.46. The average Bonchev–Trinajstić information content (AvgIpc) is 2.98. The van der Waals surface area contributed by atoms with Crippen molar-refractivity contribution in [2.75, 3.05) is 20.8 Å². The Balaban J connectivity index is 0.000000185. The molecule has 2 fully saturated rings. The standard InChI is InChI=1S/C9H15NO4.C8H10O2/c11-7-2-1-6-3-4-10(8(6)5-7)9(12,13)14;1-9-7-5-3-4-6-8(7)10-2/h6,8,12-14H,1-5H2;3-6H,1-2H3. The zero-order valence-corrected chi connectivity index (χ0v) is 14.0. The number of methoxy groups -OCH3 is 2. The number of ketones is 1. The van der Waals surface area contributed by atoms with Gasteiger partial charge in [-0.2, -0.15) is 0 Å². The number of rotatable bonds is 3. The number of ether oxygens (including phenoxy) is 2. The summed E-state index contributed by atoms with van der Waals surface area (Å²) >= 11 is 0. The van der Waals surface area contributed by atoms with E-state index >= 15 is 0 Å². The van der Waals surface area contributed by atoms with Crippen LogP contribution in [0.25, 0.3) is 0 Å². The fourth-order valence-electron chi connectivity index (χ4n) is 3.37.